The molecule has 1 N–H and O–H groups in total. The molecule has 0 bridgehead atoms. The number of benzene rings is 1. The number of alkyl halides is 1. The third kappa shape index (κ3) is 4.72. The number of hydrogen-bond donors (Lipinski definition) is 1. The highest BCUT2D eigenvalue weighted by Crippen LogP contribution is 2.07. The molecule has 2 amide bonds. The Morgan fingerprint density at radius 3 is 2.76 bits per heavy atom. The Morgan fingerprint density at radius 1 is 1.29 bits per heavy atom. The third-order valence-corrected chi connectivity index (χ3v) is 3.64. The van der Waals surface area contributed by atoms with E-state index in [0.29, 0.717) is 50.7 Å². The molecule has 1 saturated heterocycles. The molecule has 21 heavy (non-hydrogen) atoms. The van der Waals surface area contributed by atoms with Gasteiger partial charge in [-0.15, -0.1) is 11.6 Å². The van der Waals surface area contributed by atoms with Crippen molar-refractivity contribution in [3.63, 3.8) is 0 Å². The van der Waals surface area contributed by atoms with E-state index in [1.54, 1.807) is 23.1 Å². The molecule has 114 valence electrons. The summed E-state index contributed by atoms with van der Waals surface area (Å²) in [5, 5.41) is 2.76. The monoisotopic (exact) mass is 310 g/mol. The average Bonchev–Trinajstić information content (AvgIpc) is 2.55. The number of rotatable bonds is 5. The van der Waals surface area contributed by atoms with Gasteiger partial charge in [0, 0.05) is 37.5 Å². The van der Waals surface area contributed by atoms with Crippen LogP contribution in [0.15, 0.2) is 24.3 Å². The van der Waals surface area contributed by atoms with E-state index in [1.807, 2.05) is 6.07 Å². The Labute approximate surface area is 129 Å². The van der Waals surface area contributed by atoms with Crippen LogP contribution in [0.4, 0.5) is 0 Å². The summed E-state index contributed by atoms with van der Waals surface area (Å²) in [4.78, 5) is 25.7. The summed E-state index contributed by atoms with van der Waals surface area (Å²) in [6.07, 6.45) is 0.306. The number of ether oxygens (including phenoxy) is 1. The van der Waals surface area contributed by atoms with Crippen molar-refractivity contribution in [2.24, 2.45) is 0 Å². The first-order chi connectivity index (χ1) is 10.2. The van der Waals surface area contributed by atoms with Crippen LogP contribution in [0.2, 0.25) is 0 Å². The lowest BCUT2D eigenvalue weighted by molar-refractivity contribution is -0.135. The van der Waals surface area contributed by atoms with Crippen molar-refractivity contribution in [2.75, 3.05) is 32.8 Å². The number of nitrogens with zero attached hydrogens (tertiary/aromatic N) is 1. The topological polar surface area (TPSA) is 58.6 Å². The molecule has 0 unspecified atom stereocenters. The molecule has 0 spiro atoms. The zero-order valence-corrected chi connectivity index (χ0v) is 12.6. The largest absolute Gasteiger partial charge is 0.378 e. The van der Waals surface area contributed by atoms with Crippen LogP contribution >= 0.6 is 11.6 Å². The summed E-state index contributed by atoms with van der Waals surface area (Å²) in [5.41, 5.74) is 1.46. The summed E-state index contributed by atoms with van der Waals surface area (Å²) in [7, 11) is 0. The van der Waals surface area contributed by atoms with Crippen molar-refractivity contribution in [2.45, 2.75) is 12.3 Å². The van der Waals surface area contributed by atoms with Gasteiger partial charge < -0.3 is 15.0 Å². The molecule has 0 saturated carbocycles. The second kappa shape index (κ2) is 8.00. The van der Waals surface area contributed by atoms with Crippen LogP contribution < -0.4 is 5.32 Å². The second-order valence-corrected chi connectivity index (χ2v) is 5.10. The van der Waals surface area contributed by atoms with E-state index >= 15 is 0 Å². The van der Waals surface area contributed by atoms with Crippen LogP contribution in [0.25, 0.3) is 0 Å². The molecule has 0 aromatic heterocycles. The number of nitrogens with one attached hydrogen (secondary N) is 1. The SMILES string of the molecule is O=C(NCCC(=O)N1CCOCC1)c1cccc(CCl)c1. The summed E-state index contributed by atoms with van der Waals surface area (Å²) >= 11 is 5.74. The Hall–Kier alpha value is -1.59. The molecular formula is C15H19ClN2O3. The maximum atomic E-state index is 12.0. The number of carbonyl (C=O) groups is 2. The minimum absolute atomic E-state index is 0.0492. The number of halogens is 1. The molecular weight excluding hydrogens is 292 g/mol. The van der Waals surface area contributed by atoms with Gasteiger partial charge in [-0.05, 0) is 17.7 Å². The number of amides is 2. The standard InChI is InChI=1S/C15H19ClN2O3/c16-11-12-2-1-3-13(10-12)15(20)17-5-4-14(19)18-6-8-21-9-7-18/h1-3,10H,4-9,11H2,(H,17,20). The molecule has 1 fully saturated rings. The minimum atomic E-state index is -0.184. The average molecular weight is 311 g/mol. The lowest BCUT2D eigenvalue weighted by atomic mass is 10.1. The van der Waals surface area contributed by atoms with Crippen molar-refractivity contribution in [1.29, 1.82) is 0 Å². The Bertz CT molecular complexity index is 501. The summed E-state index contributed by atoms with van der Waals surface area (Å²) < 4.78 is 5.20. The van der Waals surface area contributed by atoms with Crippen molar-refractivity contribution in [3.05, 3.63) is 35.4 Å². The van der Waals surface area contributed by atoms with Crippen molar-refractivity contribution >= 4 is 23.4 Å². The third-order valence-electron chi connectivity index (χ3n) is 3.33. The van der Waals surface area contributed by atoms with Gasteiger partial charge >= 0.3 is 0 Å². The van der Waals surface area contributed by atoms with E-state index in [1.165, 1.54) is 0 Å². The predicted octanol–water partition coefficient (Wildman–Crippen LogP) is 1.40. The van der Waals surface area contributed by atoms with Gasteiger partial charge in [0.2, 0.25) is 5.91 Å². The van der Waals surface area contributed by atoms with E-state index in [-0.39, 0.29) is 11.8 Å². The highest BCUT2D eigenvalue weighted by atomic mass is 35.5. The highest BCUT2D eigenvalue weighted by Gasteiger charge is 2.16. The predicted molar refractivity (Wildman–Crippen MR) is 80.3 cm³/mol. The lowest BCUT2D eigenvalue weighted by Gasteiger charge is -2.26. The molecule has 1 aromatic carbocycles. The van der Waals surface area contributed by atoms with Gasteiger partial charge in [-0.2, -0.15) is 0 Å². The minimum Gasteiger partial charge on any atom is -0.378 e. The van der Waals surface area contributed by atoms with Gasteiger partial charge in [0.05, 0.1) is 13.2 Å². The molecule has 1 heterocycles. The molecule has 1 aliphatic rings. The first kappa shape index (κ1) is 15.8. The van der Waals surface area contributed by atoms with Gasteiger partial charge in [-0.1, -0.05) is 12.1 Å². The zero-order chi connectivity index (χ0) is 15.1. The summed E-state index contributed by atoms with van der Waals surface area (Å²) in [6, 6.07) is 7.15. The maximum Gasteiger partial charge on any atom is 0.251 e. The molecule has 6 heteroatoms. The molecule has 0 atom stereocenters. The Balaban J connectivity index is 1.77. The first-order valence-electron chi connectivity index (χ1n) is 6.99. The van der Waals surface area contributed by atoms with Crippen molar-refractivity contribution in [3.8, 4) is 0 Å². The fraction of sp³-hybridized carbons (Fsp3) is 0.467. The smallest absolute Gasteiger partial charge is 0.251 e. The van der Waals surface area contributed by atoms with Crippen LogP contribution in [0.5, 0.6) is 0 Å². The van der Waals surface area contributed by atoms with Crippen LogP contribution in [-0.4, -0.2) is 49.6 Å². The van der Waals surface area contributed by atoms with Crippen LogP contribution in [0.3, 0.4) is 0 Å². The Kier molecular flexibility index (Phi) is 6.02. The molecule has 0 radical (unpaired) electrons. The maximum absolute atomic E-state index is 12.0. The van der Waals surface area contributed by atoms with Gasteiger partial charge in [0.25, 0.3) is 5.91 Å². The van der Waals surface area contributed by atoms with Crippen LogP contribution in [0, 0.1) is 0 Å². The summed E-state index contributed by atoms with van der Waals surface area (Å²) in [5.74, 6) is 0.237. The summed E-state index contributed by atoms with van der Waals surface area (Å²) in [6.45, 7) is 2.77. The Morgan fingerprint density at radius 2 is 2.05 bits per heavy atom. The van der Waals surface area contributed by atoms with E-state index in [9.17, 15) is 9.59 Å². The molecule has 5 nitrogen and oxygen atoms in total. The van der Waals surface area contributed by atoms with Crippen molar-refractivity contribution in [1.82, 2.24) is 10.2 Å². The second-order valence-electron chi connectivity index (χ2n) is 4.83. The fourth-order valence-corrected chi connectivity index (χ4v) is 2.32. The van der Waals surface area contributed by atoms with E-state index in [0.717, 1.165) is 5.56 Å². The van der Waals surface area contributed by atoms with E-state index < -0.39 is 0 Å². The molecule has 1 aliphatic heterocycles. The van der Waals surface area contributed by atoms with Crippen LogP contribution in [-0.2, 0) is 15.4 Å². The first-order valence-corrected chi connectivity index (χ1v) is 7.53. The van der Waals surface area contributed by atoms with E-state index in [4.69, 9.17) is 16.3 Å². The van der Waals surface area contributed by atoms with Gasteiger partial charge in [-0.3, -0.25) is 9.59 Å². The number of hydrogen-bond acceptors (Lipinski definition) is 3. The number of carbonyl (C=O) groups excluding carboxylic acids is 2. The van der Waals surface area contributed by atoms with Crippen molar-refractivity contribution < 1.29 is 14.3 Å². The zero-order valence-electron chi connectivity index (χ0n) is 11.8. The quantitative estimate of drug-likeness (QED) is 0.837. The van der Waals surface area contributed by atoms with Gasteiger partial charge in [0.1, 0.15) is 0 Å². The molecule has 1 aromatic rings. The lowest BCUT2D eigenvalue weighted by Crippen LogP contribution is -2.42. The molecule has 2 rings (SSSR count). The van der Waals surface area contributed by atoms with Gasteiger partial charge in [-0.25, -0.2) is 0 Å². The van der Waals surface area contributed by atoms with Crippen LogP contribution in [0.1, 0.15) is 22.3 Å². The number of morpholine rings is 1. The normalized spacial score (nSPS) is 14.8. The highest BCUT2D eigenvalue weighted by molar-refractivity contribution is 6.17. The fourth-order valence-electron chi connectivity index (χ4n) is 2.15. The molecule has 0 aliphatic carbocycles. The van der Waals surface area contributed by atoms with E-state index in [2.05, 4.69) is 5.32 Å². The van der Waals surface area contributed by atoms with Gasteiger partial charge in [0.15, 0.2) is 0 Å².